The molecule has 2 atom stereocenters. The molecule has 1 aliphatic carbocycles. The number of para-hydroxylation sites is 1. The number of methoxy groups -OCH3 is 1. The van der Waals surface area contributed by atoms with Gasteiger partial charge >= 0.3 is 0 Å². The predicted octanol–water partition coefficient (Wildman–Crippen LogP) is 2.18. The second kappa shape index (κ2) is 6.78. The number of aliphatic hydroxyl groups is 1. The standard InChI is InChI=1S/C15H23NO3/c1-19-14-9-5-6-11(15(14)18)10-16-12-7-3-2-4-8-13(12)17/h5-6,9,12-13,16-18H,2-4,7-8,10H2,1H3. The van der Waals surface area contributed by atoms with Crippen LogP contribution in [0.4, 0.5) is 0 Å². The molecular weight excluding hydrogens is 242 g/mol. The van der Waals surface area contributed by atoms with Gasteiger partial charge in [-0.05, 0) is 18.9 Å². The van der Waals surface area contributed by atoms with Gasteiger partial charge in [0.2, 0.25) is 0 Å². The van der Waals surface area contributed by atoms with Crippen molar-refractivity contribution in [3.8, 4) is 11.5 Å². The van der Waals surface area contributed by atoms with E-state index in [0.29, 0.717) is 12.3 Å². The molecule has 3 N–H and O–H groups in total. The first-order chi connectivity index (χ1) is 9.22. The van der Waals surface area contributed by atoms with Gasteiger partial charge in [-0.2, -0.15) is 0 Å². The molecule has 4 heteroatoms. The van der Waals surface area contributed by atoms with E-state index in [0.717, 1.165) is 31.2 Å². The van der Waals surface area contributed by atoms with Crippen molar-refractivity contribution in [2.75, 3.05) is 7.11 Å². The average Bonchev–Trinajstić information content (AvgIpc) is 2.62. The minimum absolute atomic E-state index is 0.119. The van der Waals surface area contributed by atoms with E-state index in [-0.39, 0.29) is 17.9 Å². The lowest BCUT2D eigenvalue weighted by atomic mass is 10.1. The lowest BCUT2D eigenvalue weighted by Gasteiger charge is -2.22. The summed E-state index contributed by atoms with van der Waals surface area (Å²) < 4.78 is 5.09. The molecule has 0 aromatic heterocycles. The van der Waals surface area contributed by atoms with Gasteiger partial charge in [-0.1, -0.05) is 31.4 Å². The average molecular weight is 265 g/mol. The van der Waals surface area contributed by atoms with Crippen LogP contribution in [0.3, 0.4) is 0 Å². The zero-order valence-electron chi connectivity index (χ0n) is 11.4. The Kier molecular flexibility index (Phi) is 5.05. The Hall–Kier alpha value is -1.26. The van der Waals surface area contributed by atoms with Crippen LogP contribution in [0.2, 0.25) is 0 Å². The third-order valence-electron chi connectivity index (χ3n) is 3.84. The van der Waals surface area contributed by atoms with Gasteiger partial charge in [0, 0.05) is 18.2 Å². The van der Waals surface area contributed by atoms with Crippen molar-refractivity contribution < 1.29 is 14.9 Å². The monoisotopic (exact) mass is 265 g/mol. The van der Waals surface area contributed by atoms with Gasteiger partial charge in [-0.3, -0.25) is 0 Å². The number of ether oxygens (including phenoxy) is 1. The maximum atomic E-state index is 10.0. The fourth-order valence-corrected chi connectivity index (χ4v) is 2.64. The lowest BCUT2D eigenvalue weighted by molar-refractivity contribution is 0.119. The molecule has 0 amide bonds. The van der Waals surface area contributed by atoms with E-state index in [2.05, 4.69) is 5.32 Å². The minimum atomic E-state index is -0.282. The predicted molar refractivity (Wildman–Crippen MR) is 74.4 cm³/mol. The number of nitrogens with one attached hydrogen (secondary N) is 1. The Morgan fingerprint density at radius 1 is 1.26 bits per heavy atom. The molecule has 0 heterocycles. The topological polar surface area (TPSA) is 61.7 Å². The van der Waals surface area contributed by atoms with Crippen LogP contribution in [0, 0.1) is 0 Å². The molecule has 1 saturated carbocycles. The number of phenolic OH excluding ortho intramolecular Hbond substituents is 1. The molecule has 1 aromatic carbocycles. The lowest BCUT2D eigenvalue weighted by Crippen LogP contribution is -2.38. The van der Waals surface area contributed by atoms with Crippen molar-refractivity contribution in [2.24, 2.45) is 0 Å². The van der Waals surface area contributed by atoms with E-state index in [4.69, 9.17) is 4.74 Å². The molecule has 0 saturated heterocycles. The fraction of sp³-hybridized carbons (Fsp3) is 0.600. The third-order valence-corrected chi connectivity index (χ3v) is 3.84. The summed E-state index contributed by atoms with van der Waals surface area (Å²) in [5.41, 5.74) is 0.802. The molecule has 1 fully saturated rings. The summed E-state index contributed by atoms with van der Waals surface area (Å²) in [6.07, 6.45) is 5.02. The molecule has 106 valence electrons. The van der Waals surface area contributed by atoms with Crippen molar-refractivity contribution in [3.05, 3.63) is 23.8 Å². The molecule has 0 aliphatic heterocycles. The third kappa shape index (κ3) is 3.61. The van der Waals surface area contributed by atoms with Gasteiger partial charge in [0.25, 0.3) is 0 Å². The Labute approximate surface area is 114 Å². The van der Waals surface area contributed by atoms with E-state index in [1.165, 1.54) is 6.42 Å². The van der Waals surface area contributed by atoms with Crippen LogP contribution in [0.15, 0.2) is 18.2 Å². The van der Waals surface area contributed by atoms with Crippen LogP contribution in [0.1, 0.15) is 37.7 Å². The van der Waals surface area contributed by atoms with E-state index in [9.17, 15) is 10.2 Å². The number of hydrogen-bond acceptors (Lipinski definition) is 4. The molecule has 0 bridgehead atoms. The summed E-state index contributed by atoms with van der Waals surface area (Å²) in [7, 11) is 1.54. The summed E-state index contributed by atoms with van der Waals surface area (Å²) in [6.45, 7) is 0.546. The molecule has 2 rings (SSSR count). The van der Waals surface area contributed by atoms with E-state index < -0.39 is 0 Å². The molecule has 1 aromatic rings. The molecule has 19 heavy (non-hydrogen) atoms. The largest absolute Gasteiger partial charge is 0.504 e. The molecule has 1 aliphatic rings. The van der Waals surface area contributed by atoms with Crippen molar-refractivity contribution in [2.45, 2.75) is 50.8 Å². The second-order valence-electron chi connectivity index (χ2n) is 5.16. The highest BCUT2D eigenvalue weighted by Gasteiger charge is 2.21. The highest BCUT2D eigenvalue weighted by molar-refractivity contribution is 5.45. The SMILES string of the molecule is COc1cccc(CNC2CCCCCC2O)c1O. The van der Waals surface area contributed by atoms with E-state index >= 15 is 0 Å². The second-order valence-corrected chi connectivity index (χ2v) is 5.16. The number of phenols is 1. The first-order valence-electron chi connectivity index (χ1n) is 6.98. The number of aliphatic hydroxyl groups excluding tert-OH is 1. The van der Waals surface area contributed by atoms with E-state index in [1.807, 2.05) is 12.1 Å². The minimum Gasteiger partial charge on any atom is -0.504 e. The Morgan fingerprint density at radius 3 is 2.84 bits per heavy atom. The van der Waals surface area contributed by atoms with Gasteiger partial charge in [0.05, 0.1) is 13.2 Å². The Bertz CT molecular complexity index is 408. The molecule has 2 unspecified atom stereocenters. The number of rotatable bonds is 4. The van der Waals surface area contributed by atoms with Crippen molar-refractivity contribution in [3.63, 3.8) is 0 Å². The van der Waals surface area contributed by atoms with Crippen LogP contribution in [0.25, 0.3) is 0 Å². The van der Waals surface area contributed by atoms with Crippen molar-refractivity contribution >= 4 is 0 Å². The van der Waals surface area contributed by atoms with Crippen LogP contribution in [-0.4, -0.2) is 29.5 Å². The highest BCUT2D eigenvalue weighted by Crippen LogP contribution is 2.29. The zero-order valence-corrected chi connectivity index (χ0v) is 11.4. The normalized spacial score (nSPS) is 23.9. The van der Waals surface area contributed by atoms with E-state index in [1.54, 1.807) is 13.2 Å². The number of benzene rings is 1. The zero-order chi connectivity index (χ0) is 13.7. The van der Waals surface area contributed by atoms with Gasteiger partial charge in [0.1, 0.15) is 0 Å². The molecule has 0 radical (unpaired) electrons. The summed E-state index contributed by atoms with van der Waals surface area (Å²) in [5, 5.41) is 23.4. The Morgan fingerprint density at radius 2 is 2.05 bits per heavy atom. The molecule has 4 nitrogen and oxygen atoms in total. The highest BCUT2D eigenvalue weighted by atomic mass is 16.5. The number of aromatic hydroxyl groups is 1. The van der Waals surface area contributed by atoms with Gasteiger partial charge < -0.3 is 20.3 Å². The molecular formula is C15H23NO3. The summed E-state index contributed by atoms with van der Waals surface area (Å²) in [5.74, 6) is 0.668. The first kappa shape index (κ1) is 14.2. The molecule has 0 spiro atoms. The quantitative estimate of drug-likeness (QED) is 0.730. The van der Waals surface area contributed by atoms with Crippen LogP contribution >= 0.6 is 0 Å². The first-order valence-corrected chi connectivity index (χ1v) is 6.98. The number of hydrogen-bond donors (Lipinski definition) is 3. The summed E-state index contributed by atoms with van der Waals surface area (Å²) in [4.78, 5) is 0. The van der Waals surface area contributed by atoms with Crippen molar-refractivity contribution in [1.82, 2.24) is 5.32 Å². The van der Waals surface area contributed by atoms with Crippen LogP contribution in [-0.2, 0) is 6.54 Å². The van der Waals surface area contributed by atoms with Gasteiger partial charge in [0.15, 0.2) is 11.5 Å². The maximum Gasteiger partial charge on any atom is 0.162 e. The summed E-state index contributed by atoms with van der Waals surface area (Å²) in [6, 6.07) is 5.58. The fourth-order valence-electron chi connectivity index (χ4n) is 2.64. The van der Waals surface area contributed by atoms with Gasteiger partial charge in [-0.15, -0.1) is 0 Å². The van der Waals surface area contributed by atoms with Crippen LogP contribution < -0.4 is 10.1 Å². The maximum absolute atomic E-state index is 10.0. The summed E-state index contributed by atoms with van der Waals surface area (Å²) >= 11 is 0. The smallest absolute Gasteiger partial charge is 0.162 e. The van der Waals surface area contributed by atoms with Crippen LogP contribution in [0.5, 0.6) is 11.5 Å². The Balaban J connectivity index is 1.97. The van der Waals surface area contributed by atoms with Gasteiger partial charge in [-0.25, -0.2) is 0 Å². The van der Waals surface area contributed by atoms with Crippen molar-refractivity contribution in [1.29, 1.82) is 0 Å².